The van der Waals surface area contributed by atoms with Crippen molar-refractivity contribution in [2.75, 3.05) is 0 Å². The second-order valence-electron chi connectivity index (χ2n) is 3.98. The third kappa shape index (κ3) is 1.67. The SMILES string of the molecule is Cc1cc(C#N)sc1C(C)(C)C. The largest absolute Gasteiger partial charge is 0.192 e. The summed E-state index contributed by atoms with van der Waals surface area (Å²) in [5.41, 5.74) is 1.41. The molecule has 0 aliphatic heterocycles. The van der Waals surface area contributed by atoms with Crippen LogP contribution in [0, 0.1) is 18.3 Å². The zero-order valence-electron chi connectivity index (χ0n) is 7.93. The lowest BCUT2D eigenvalue weighted by Gasteiger charge is -2.17. The van der Waals surface area contributed by atoms with E-state index in [0.29, 0.717) is 0 Å². The topological polar surface area (TPSA) is 23.8 Å². The summed E-state index contributed by atoms with van der Waals surface area (Å²) in [7, 11) is 0. The summed E-state index contributed by atoms with van der Waals surface area (Å²) in [6.07, 6.45) is 0. The van der Waals surface area contributed by atoms with E-state index < -0.39 is 0 Å². The predicted octanol–water partition coefficient (Wildman–Crippen LogP) is 3.23. The van der Waals surface area contributed by atoms with Crippen molar-refractivity contribution in [2.45, 2.75) is 33.1 Å². The first-order valence-electron chi connectivity index (χ1n) is 3.96. The molecule has 1 aromatic rings. The van der Waals surface area contributed by atoms with Gasteiger partial charge in [0.15, 0.2) is 0 Å². The highest BCUT2D eigenvalue weighted by Gasteiger charge is 2.19. The molecule has 0 unspecified atom stereocenters. The third-order valence-corrected chi connectivity index (χ3v) is 3.28. The van der Waals surface area contributed by atoms with Gasteiger partial charge in [0.25, 0.3) is 0 Å². The van der Waals surface area contributed by atoms with E-state index in [-0.39, 0.29) is 5.41 Å². The summed E-state index contributed by atoms with van der Waals surface area (Å²) < 4.78 is 0. The first-order valence-corrected chi connectivity index (χ1v) is 4.78. The Morgan fingerprint density at radius 1 is 1.42 bits per heavy atom. The average molecular weight is 179 g/mol. The van der Waals surface area contributed by atoms with Gasteiger partial charge in [0, 0.05) is 4.88 Å². The summed E-state index contributed by atoms with van der Waals surface area (Å²) >= 11 is 1.61. The van der Waals surface area contributed by atoms with Gasteiger partial charge < -0.3 is 0 Å². The van der Waals surface area contributed by atoms with Crippen LogP contribution in [0.3, 0.4) is 0 Å². The number of rotatable bonds is 0. The average Bonchev–Trinajstić information content (AvgIpc) is 2.29. The van der Waals surface area contributed by atoms with Gasteiger partial charge in [-0.05, 0) is 24.0 Å². The Hall–Kier alpha value is -0.810. The van der Waals surface area contributed by atoms with E-state index in [1.807, 2.05) is 6.07 Å². The maximum absolute atomic E-state index is 8.70. The second-order valence-corrected chi connectivity index (χ2v) is 5.04. The van der Waals surface area contributed by atoms with E-state index in [4.69, 9.17) is 5.26 Å². The minimum atomic E-state index is 0.170. The van der Waals surface area contributed by atoms with Crippen molar-refractivity contribution >= 4 is 11.3 Å². The van der Waals surface area contributed by atoms with Gasteiger partial charge in [-0.2, -0.15) is 5.26 Å². The Balaban J connectivity index is 3.19. The maximum atomic E-state index is 8.70. The summed E-state index contributed by atoms with van der Waals surface area (Å²) in [4.78, 5) is 2.14. The minimum absolute atomic E-state index is 0.170. The predicted molar refractivity (Wildman–Crippen MR) is 52.5 cm³/mol. The van der Waals surface area contributed by atoms with Crippen LogP contribution in [-0.4, -0.2) is 0 Å². The van der Waals surface area contributed by atoms with Crippen LogP contribution in [0.4, 0.5) is 0 Å². The van der Waals surface area contributed by atoms with Gasteiger partial charge in [0.1, 0.15) is 10.9 Å². The van der Waals surface area contributed by atoms with Crippen molar-refractivity contribution in [3.05, 3.63) is 21.4 Å². The highest BCUT2D eigenvalue weighted by Crippen LogP contribution is 2.32. The van der Waals surface area contributed by atoms with Gasteiger partial charge in [-0.3, -0.25) is 0 Å². The summed E-state index contributed by atoms with van der Waals surface area (Å²) in [5, 5.41) is 8.70. The van der Waals surface area contributed by atoms with E-state index in [1.54, 1.807) is 11.3 Å². The van der Waals surface area contributed by atoms with E-state index in [1.165, 1.54) is 10.4 Å². The molecule has 1 aromatic heterocycles. The quantitative estimate of drug-likeness (QED) is 0.600. The van der Waals surface area contributed by atoms with Gasteiger partial charge >= 0.3 is 0 Å². The lowest BCUT2D eigenvalue weighted by Crippen LogP contribution is -2.09. The Morgan fingerprint density at radius 2 is 2.00 bits per heavy atom. The Kier molecular flexibility index (Phi) is 2.25. The Morgan fingerprint density at radius 3 is 2.25 bits per heavy atom. The van der Waals surface area contributed by atoms with Crippen molar-refractivity contribution in [1.82, 2.24) is 0 Å². The highest BCUT2D eigenvalue weighted by atomic mass is 32.1. The lowest BCUT2D eigenvalue weighted by molar-refractivity contribution is 0.600. The molecule has 1 heterocycles. The summed E-state index contributed by atoms with van der Waals surface area (Å²) in [6, 6.07) is 4.14. The molecular formula is C10H13NS. The van der Waals surface area contributed by atoms with Crippen LogP contribution in [0.2, 0.25) is 0 Å². The molecule has 64 valence electrons. The van der Waals surface area contributed by atoms with Gasteiger partial charge in [-0.15, -0.1) is 11.3 Å². The minimum Gasteiger partial charge on any atom is -0.192 e. The van der Waals surface area contributed by atoms with Gasteiger partial charge in [-0.1, -0.05) is 20.8 Å². The van der Waals surface area contributed by atoms with Gasteiger partial charge in [0.2, 0.25) is 0 Å². The third-order valence-electron chi connectivity index (χ3n) is 1.71. The van der Waals surface area contributed by atoms with Crippen LogP contribution in [0.25, 0.3) is 0 Å². The molecule has 0 spiro atoms. The number of aryl methyl sites for hydroxylation is 1. The van der Waals surface area contributed by atoms with E-state index in [0.717, 1.165) is 4.88 Å². The molecule has 0 atom stereocenters. The molecule has 2 heteroatoms. The molecule has 0 saturated carbocycles. The fraction of sp³-hybridized carbons (Fsp3) is 0.500. The van der Waals surface area contributed by atoms with Crippen molar-refractivity contribution in [3.8, 4) is 6.07 Å². The van der Waals surface area contributed by atoms with Gasteiger partial charge in [0.05, 0.1) is 0 Å². The number of nitrogens with zero attached hydrogens (tertiary/aromatic N) is 1. The van der Waals surface area contributed by atoms with Crippen molar-refractivity contribution in [2.24, 2.45) is 0 Å². The fourth-order valence-corrected chi connectivity index (χ4v) is 2.31. The number of hydrogen-bond donors (Lipinski definition) is 0. The number of nitriles is 1. The zero-order valence-corrected chi connectivity index (χ0v) is 8.75. The molecule has 0 aromatic carbocycles. The molecule has 12 heavy (non-hydrogen) atoms. The van der Waals surface area contributed by atoms with E-state index in [9.17, 15) is 0 Å². The second kappa shape index (κ2) is 2.91. The molecule has 0 radical (unpaired) electrons. The smallest absolute Gasteiger partial charge is 0.110 e. The van der Waals surface area contributed by atoms with Crippen LogP contribution in [0.1, 0.15) is 36.1 Å². The number of thiophene rings is 1. The molecule has 0 aliphatic carbocycles. The van der Waals surface area contributed by atoms with E-state index >= 15 is 0 Å². The summed E-state index contributed by atoms with van der Waals surface area (Å²) in [6.45, 7) is 8.59. The normalized spacial score (nSPS) is 11.2. The molecule has 0 saturated heterocycles. The Labute approximate surface area is 77.7 Å². The van der Waals surface area contributed by atoms with Crippen LogP contribution in [0.15, 0.2) is 6.07 Å². The molecule has 0 fully saturated rings. The highest BCUT2D eigenvalue weighted by molar-refractivity contribution is 7.12. The molecule has 1 rings (SSSR count). The van der Waals surface area contributed by atoms with Crippen LogP contribution < -0.4 is 0 Å². The number of hydrogen-bond acceptors (Lipinski definition) is 2. The van der Waals surface area contributed by atoms with E-state index in [2.05, 4.69) is 33.8 Å². The standard InChI is InChI=1S/C10H13NS/c1-7-5-8(6-11)12-9(7)10(2,3)4/h5H,1-4H3. The van der Waals surface area contributed by atoms with Gasteiger partial charge in [-0.25, -0.2) is 0 Å². The molecule has 0 amide bonds. The van der Waals surface area contributed by atoms with Crippen molar-refractivity contribution in [3.63, 3.8) is 0 Å². The molecular weight excluding hydrogens is 166 g/mol. The first kappa shape index (κ1) is 9.28. The zero-order chi connectivity index (χ0) is 9.35. The summed E-state index contributed by atoms with van der Waals surface area (Å²) in [5.74, 6) is 0. The molecule has 1 nitrogen and oxygen atoms in total. The lowest BCUT2D eigenvalue weighted by atomic mass is 9.92. The maximum Gasteiger partial charge on any atom is 0.110 e. The monoisotopic (exact) mass is 179 g/mol. The van der Waals surface area contributed by atoms with Crippen LogP contribution >= 0.6 is 11.3 Å². The molecule has 0 aliphatic rings. The molecule has 0 N–H and O–H groups in total. The Bertz CT molecular complexity index is 323. The van der Waals surface area contributed by atoms with Crippen molar-refractivity contribution < 1.29 is 0 Å². The van der Waals surface area contributed by atoms with Crippen LogP contribution in [0.5, 0.6) is 0 Å². The first-order chi connectivity index (χ1) is 5.45. The fourth-order valence-electron chi connectivity index (χ4n) is 1.28. The van der Waals surface area contributed by atoms with Crippen molar-refractivity contribution in [1.29, 1.82) is 5.26 Å². The molecule has 0 bridgehead atoms. The van der Waals surface area contributed by atoms with Crippen LogP contribution in [-0.2, 0) is 5.41 Å².